The quantitative estimate of drug-likeness (QED) is 0.207. The number of ether oxygens (including phenoxy) is 5. The van der Waals surface area contributed by atoms with Crippen LogP contribution in [0.1, 0.15) is 41.5 Å². The lowest BCUT2D eigenvalue weighted by molar-refractivity contribution is 0.0270. The summed E-state index contributed by atoms with van der Waals surface area (Å²) in [6.45, 7) is 11.9. The molecule has 0 atom stereocenters. The fraction of sp³-hybridized carbons (Fsp3) is 0.654. The number of aliphatic imine (C=N–C) groups is 1. The Bertz CT molecular complexity index is 940. The number of rotatable bonds is 13. The SMILES string of the molecule is [B]N(C)CCOc1c(OCCN(C)C(=O)OC(C)(C)C)cc(N=C=O)cc1OCCN(C)C(=O)OC(C)(C)C. The maximum absolute atomic E-state index is 12.3. The minimum absolute atomic E-state index is 0.0813. The molecule has 0 aliphatic rings. The molecule has 2 amide bonds. The Morgan fingerprint density at radius 2 is 1.21 bits per heavy atom. The summed E-state index contributed by atoms with van der Waals surface area (Å²) < 4.78 is 28.5. The van der Waals surface area contributed by atoms with E-state index < -0.39 is 23.4 Å². The van der Waals surface area contributed by atoms with Crippen molar-refractivity contribution in [1.29, 1.82) is 0 Å². The van der Waals surface area contributed by atoms with Gasteiger partial charge in [0.15, 0.2) is 19.5 Å². The number of carbonyl (C=O) groups excluding carboxylic acids is 3. The number of likely N-dealkylation sites (N-methyl/N-ethyl adjacent to an activating group) is 3. The van der Waals surface area contributed by atoms with Crippen LogP contribution in [0.2, 0.25) is 0 Å². The molecule has 0 fully saturated rings. The van der Waals surface area contributed by atoms with E-state index in [1.165, 1.54) is 32.8 Å². The van der Waals surface area contributed by atoms with Crippen molar-refractivity contribution in [2.45, 2.75) is 52.7 Å². The van der Waals surface area contributed by atoms with Crippen molar-refractivity contribution in [3.8, 4) is 17.2 Å². The summed E-state index contributed by atoms with van der Waals surface area (Å²) in [5.74, 6) is 0.722. The van der Waals surface area contributed by atoms with Crippen molar-refractivity contribution in [2.24, 2.45) is 4.99 Å². The number of benzene rings is 1. The summed E-state index contributed by atoms with van der Waals surface area (Å²) in [4.78, 5) is 43.4. The molecule has 0 saturated carbocycles. The van der Waals surface area contributed by atoms with Gasteiger partial charge in [-0.1, -0.05) is 0 Å². The maximum Gasteiger partial charge on any atom is 0.410 e. The van der Waals surface area contributed by atoms with Crippen LogP contribution in [0.25, 0.3) is 0 Å². The summed E-state index contributed by atoms with van der Waals surface area (Å²) in [7, 11) is 10.6. The Morgan fingerprint density at radius 3 is 1.56 bits per heavy atom. The zero-order chi connectivity index (χ0) is 29.8. The van der Waals surface area contributed by atoms with Gasteiger partial charge in [0.25, 0.3) is 0 Å². The van der Waals surface area contributed by atoms with Gasteiger partial charge in [0, 0.05) is 32.8 Å². The maximum atomic E-state index is 12.3. The highest BCUT2D eigenvalue weighted by Crippen LogP contribution is 2.41. The van der Waals surface area contributed by atoms with Gasteiger partial charge in [-0.3, -0.25) is 0 Å². The second-order valence-electron chi connectivity index (χ2n) is 10.8. The molecule has 1 aromatic carbocycles. The highest BCUT2D eigenvalue weighted by Gasteiger charge is 2.22. The van der Waals surface area contributed by atoms with Crippen molar-refractivity contribution >= 4 is 31.9 Å². The third-order valence-electron chi connectivity index (χ3n) is 4.65. The highest BCUT2D eigenvalue weighted by atomic mass is 16.6. The highest BCUT2D eigenvalue weighted by molar-refractivity contribution is 6.04. The van der Waals surface area contributed by atoms with Gasteiger partial charge in [0.2, 0.25) is 11.8 Å². The van der Waals surface area contributed by atoms with Crippen LogP contribution in [0.3, 0.4) is 0 Å². The van der Waals surface area contributed by atoms with E-state index in [1.54, 1.807) is 62.7 Å². The first-order valence-corrected chi connectivity index (χ1v) is 12.5. The largest absolute Gasteiger partial charge is 0.488 e. The number of carbonyl (C=O) groups is 2. The van der Waals surface area contributed by atoms with E-state index in [4.69, 9.17) is 31.7 Å². The molecule has 0 spiro atoms. The van der Waals surface area contributed by atoms with Crippen LogP contribution in [0.5, 0.6) is 17.2 Å². The van der Waals surface area contributed by atoms with Crippen LogP contribution in [-0.2, 0) is 14.3 Å². The first kappa shape index (κ1) is 33.6. The van der Waals surface area contributed by atoms with Gasteiger partial charge >= 0.3 is 12.2 Å². The Hall–Kier alpha value is -3.44. The number of hydrogen-bond acceptors (Lipinski definition) is 10. The lowest BCUT2D eigenvalue weighted by Gasteiger charge is -2.25. The fourth-order valence-corrected chi connectivity index (χ4v) is 2.78. The number of hydrogen-bond donors (Lipinski definition) is 0. The summed E-state index contributed by atoms with van der Waals surface area (Å²) in [6.07, 6.45) is 0.510. The van der Waals surface area contributed by atoms with Crippen molar-refractivity contribution < 1.29 is 38.1 Å². The van der Waals surface area contributed by atoms with E-state index in [2.05, 4.69) is 4.99 Å². The Labute approximate surface area is 232 Å². The summed E-state index contributed by atoms with van der Waals surface area (Å²) >= 11 is 0. The van der Waals surface area contributed by atoms with E-state index in [0.29, 0.717) is 6.54 Å². The Balaban J connectivity index is 3.09. The first-order chi connectivity index (χ1) is 18.0. The van der Waals surface area contributed by atoms with Gasteiger partial charge in [-0.05, 0) is 48.6 Å². The van der Waals surface area contributed by atoms with Crippen LogP contribution in [0.15, 0.2) is 17.1 Å². The molecule has 1 rings (SSSR count). The molecule has 0 saturated heterocycles. The molecule has 12 nitrogen and oxygen atoms in total. The third-order valence-corrected chi connectivity index (χ3v) is 4.65. The molecule has 0 heterocycles. The molecule has 216 valence electrons. The molecule has 0 bridgehead atoms. The van der Waals surface area contributed by atoms with Crippen molar-refractivity contribution in [3.05, 3.63) is 12.1 Å². The lowest BCUT2D eigenvalue weighted by atomic mass is 10.2. The number of isocyanates is 1. The van der Waals surface area contributed by atoms with E-state index in [0.717, 1.165) is 0 Å². The normalized spacial score (nSPS) is 11.3. The summed E-state index contributed by atoms with van der Waals surface area (Å²) in [5.41, 5.74) is -1.04. The minimum Gasteiger partial charge on any atom is -0.488 e. The standard InChI is InChI=1S/C26H41BN4O8/c1-25(2,3)38-23(33)29(7)10-13-35-20-16-19(28-18-32)17-21(22(20)37-15-12-31(9)27)36-14-11-30(8)24(34)39-26(4,5)6/h16-17H,10-15H2,1-9H3. The molecule has 0 aromatic heterocycles. The topological polar surface area (TPSA) is 119 Å². The molecule has 0 N–H and O–H groups in total. The van der Waals surface area contributed by atoms with Crippen LogP contribution < -0.4 is 14.2 Å². The molecule has 1 aromatic rings. The zero-order valence-corrected chi connectivity index (χ0v) is 24.5. The zero-order valence-electron chi connectivity index (χ0n) is 24.5. The molecular formula is C26H41BN4O8. The van der Waals surface area contributed by atoms with Crippen LogP contribution in [0.4, 0.5) is 15.3 Å². The van der Waals surface area contributed by atoms with Crippen molar-refractivity contribution in [3.63, 3.8) is 0 Å². The lowest BCUT2D eigenvalue weighted by Crippen LogP contribution is -2.36. The molecule has 13 heteroatoms. The molecule has 0 aliphatic carbocycles. The third kappa shape index (κ3) is 13.8. The van der Waals surface area contributed by atoms with Gasteiger partial charge in [-0.25, -0.2) is 14.4 Å². The Morgan fingerprint density at radius 1 is 0.795 bits per heavy atom. The fourth-order valence-electron chi connectivity index (χ4n) is 2.78. The first-order valence-electron chi connectivity index (χ1n) is 12.5. The predicted molar refractivity (Wildman–Crippen MR) is 147 cm³/mol. The monoisotopic (exact) mass is 548 g/mol. The van der Waals surface area contributed by atoms with Crippen molar-refractivity contribution in [2.75, 3.05) is 60.6 Å². The summed E-state index contributed by atoms with van der Waals surface area (Å²) in [6, 6.07) is 3.00. The number of nitrogens with zero attached hydrogens (tertiary/aromatic N) is 4. The van der Waals surface area contributed by atoms with E-state index >= 15 is 0 Å². The van der Waals surface area contributed by atoms with Crippen LogP contribution in [0, 0.1) is 0 Å². The molecule has 0 aliphatic heterocycles. The minimum atomic E-state index is -0.631. The number of amides is 2. The van der Waals surface area contributed by atoms with Crippen LogP contribution >= 0.6 is 0 Å². The van der Waals surface area contributed by atoms with E-state index in [9.17, 15) is 14.4 Å². The predicted octanol–water partition coefficient (Wildman–Crippen LogP) is 3.54. The van der Waals surface area contributed by atoms with Gasteiger partial charge in [-0.2, -0.15) is 4.99 Å². The summed E-state index contributed by atoms with van der Waals surface area (Å²) in [5, 5.41) is 0. The van der Waals surface area contributed by atoms with E-state index in [1.807, 2.05) is 0 Å². The van der Waals surface area contributed by atoms with Gasteiger partial charge in [0.05, 0.1) is 18.8 Å². The van der Waals surface area contributed by atoms with Gasteiger partial charge < -0.3 is 38.3 Å². The Kier molecular flexibility index (Phi) is 13.1. The molecular weight excluding hydrogens is 507 g/mol. The molecule has 39 heavy (non-hydrogen) atoms. The van der Waals surface area contributed by atoms with E-state index in [-0.39, 0.29) is 55.8 Å². The second kappa shape index (κ2) is 15.2. The smallest absolute Gasteiger partial charge is 0.410 e. The van der Waals surface area contributed by atoms with Crippen LogP contribution in [-0.4, -0.2) is 113 Å². The average Bonchev–Trinajstić information content (AvgIpc) is 2.78. The molecule has 0 unspecified atom stereocenters. The van der Waals surface area contributed by atoms with Gasteiger partial charge in [0.1, 0.15) is 31.0 Å². The molecule has 2 radical (unpaired) electrons. The van der Waals surface area contributed by atoms with Gasteiger partial charge in [-0.15, -0.1) is 0 Å². The second-order valence-corrected chi connectivity index (χ2v) is 10.8. The average molecular weight is 548 g/mol. The van der Waals surface area contributed by atoms with Crippen molar-refractivity contribution in [1.82, 2.24) is 14.6 Å².